The molecule has 0 spiro atoms. The number of rotatable bonds is 2. The first-order valence-corrected chi connectivity index (χ1v) is 6.65. The number of hydrogen-bond donors (Lipinski definition) is 2. The van der Waals surface area contributed by atoms with Gasteiger partial charge >= 0.3 is 0 Å². The van der Waals surface area contributed by atoms with E-state index in [2.05, 4.69) is 5.32 Å². The third-order valence-electron chi connectivity index (χ3n) is 5.04. The fraction of sp³-hybridized carbons (Fsp3) is 0.923. The number of carbonyl (C=O) groups excluding carboxylic acids is 1. The first kappa shape index (κ1) is 10.6. The van der Waals surface area contributed by atoms with Gasteiger partial charge in [-0.05, 0) is 43.9 Å². The average molecular weight is 223 g/mol. The lowest BCUT2D eigenvalue weighted by atomic mass is 9.52. The van der Waals surface area contributed by atoms with Gasteiger partial charge in [-0.25, -0.2) is 0 Å². The van der Waals surface area contributed by atoms with Gasteiger partial charge in [0.05, 0.1) is 0 Å². The van der Waals surface area contributed by atoms with Crippen LogP contribution in [0.4, 0.5) is 0 Å². The van der Waals surface area contributed by atoms with Crippen molar-refractivity contribution in [2.75, 3.05) is 0 Å². The van der Waals surface area contributed by atoms with Crippen LogP contribution in [-0.2, 0) is 4.79 Å². The summed E-state index contributed by atoms with van der Waals surface area (Å²) in [4.78, 5) is 11.5. The fourth-order valence-corrected chi connectivity index (χ4v) is 4.42. The Kier molecular flexibility index (Phi) is 2.29. The second kappa shape index (κ2) is 3.46. The van der Waals surface area contributed by atoms with Gasteiger partial charge in [-0.3, -0.25) is 4.79 Å². The maximum Gasteiger partial charge on any atom is 0.221 e. The van der Waals surface area contributed by atoms with E-state index in [1.165, 1.54) is 6.42 Å². The van der Waals surface area contributed by atoms with Crippen molar-refractivity contribution in [3.8, 4) is 0 Å². The van der Waals surface area contributed by atoms with E-state index in [1.807, 2.05) is 6.92 Å². The summed E-state index contributed by atoms with van der Waals surface area (Å²) in [7, 11) is 0. The lowest BCUT2D eigenvalue weighted by molar-refractivity contribution is -0.193. The molecule has 0 aromatic rings. The summed E-state index contributed by atoms with van der Waals surface area (Å²) in [5.41, 5.74) is -0.874. The Labute approximate surface area is 96.6 Å². The fourth-order valence-electron chi connectivity index (χ4n) is 4.42. The number of nitrogens with one attached hydrogen (secondary N) is 1. The standard InChI is InChI=1S/C13H21NO2/c1-2-12(15)14-13(16)10-4-8-3-9(6-10)7-11(13)5-8/h8-11,16H,2-7H2,1H3,(H,14,15). The van der Waals surface area contributed by atoms with Crippen LogP contribution in [0.25, 0.3) is 0 Å². The van der Waals surface area contributed by atoms with Crippen molar-refractivity contribution in [3.63, 3.8) is 0 Å². The molecule has 4 rings (SSSR count). The molecule has 0 radical (unpaired) electrons. The Balaban J connectivity index is 1.82. The minimum Gasteiger partial charge on any atom is -0.370 e. The summed E-state index contributed by atoms with van der Waals surface area (Å²) in [5, 5.41) is 13.7. The molecule has 4 saturated carbocycles. The molecule has 90 valence electrons. The lowest BCUT2D eigenvalue weighted by Crippen LogP contribution is -2.66. The average Bonchev–Trinajstić information content (AvgIpc) is 2.25. The van der Waals surface area contributed by atoms with E-state index in [0.717, 1.165) is 37.5 Å². The van der Waals surface area contributed by atoms with Gasteiger partial charge in [0.25, 0.3) is 0 Å². The molecule has 4 aliphatic rings. The van der Waals surface area contributed by atoms with Crippen LogP contribution in [0.2, 0.25) is 0 Å². The molecule has 1 amide bonds. The summed E-state index contributed by atoms with van der Waals surface area (Å²) >= 11 is 0. The minimum absolute atomic E-state index is 0.00465. The summed E-state index contributed by atoms with van der Waals surface area (Å²) in [6.45, 7) is 1.84. The van der Waals surface area contributed by atoms with Gasteiger partial charge in [-0.2, -0.15) is 0 Å². The minimum atomic E-state index is -0.874. The summed E-state index contributed by atoms with van der Waals surface area (Å²) in [5.74, 6) is 2.27. The van der Waals surface area contributed by atoms with E-state index in [1.54, 1.807) is 0 Å². The van der Waals surface area contributed by atoms with Crippen LogP contribution in [0.15, 0.2) is 0 Å². The highest BCUT2D eigenvalue weighted by atomic mass is 16.3. The van der Waals surface area contributed by atoms with Gasteiger partial charge in [0.2, 0.25) is 5.91 Å². The summed E-state index contributed by atoms with van der Waals surface area (Å²) < 4.78 is 0. The van der Waals surface area contributed by atoms with Gasteiger partial charge in [0.15, 0.2) is 0 Å². The number of hydrogen-bond acceptors (Lipinski definition) is 2. The highest BCUT2D eigenvalue weighted by molar-refractivity contribution is 5.76. The highest BCUT2D eigenvalue weighted by Crippen LogP contribution is 2.57. The molecule has 0 unspecified atom stereocenters. The molecule has 0 aromatic heterocycles. The Hall–Kier alpha value is -0.570. The summed E-state index contributed by atoms with van der Waals surface area (Å²) in [6.07, 6.45) is 6.31. The van der Waals surface area contributed by atoms with Crippen LogP contribution < -0.4 is 5.32 Å². The molecule has 0 saturated heterocycles. The Morgan fingerprint density at radius 2 is 1.69 bits per heavy atom. The second-order valence-electron chi connectivity index (χ2n) is 6.03. The summed E-state index contributed by atoms with van der Waals surface area (Å²) in [6, 6.07) is 0. The van der Waals surface area contributed by atoms with Crippen molar-refractivity contribution in [3.05, 3.63) is 0 Å². The molecule has 3 nitrogen and oxygen atoms in total. The van der Waals surface area contributed by atoms with Crippen molar-refractivity contribution in [2.45, 2.75) is 51.2 Å². The van der Waals surface area contributed by atoms with E-state index in [-0.39, 0.29) is 5.91 Å². The molecule has 16 heavy (non-hydrogen) atoms. The molecule has 0 heterocycles. The Bertz CT molecular complexity index is 285. The van der Waals surface area contributed by atoms with Gasteiger partial charge < -0.3 is 10.4 Å². The molecule has 4 fully saturated rings. The normalized spacial score (nSPS) is 49.4. The molecule has 4 bridgehead atoms. The molecule has 0 aromatic carbocycles. The second-order valence-corrected chi connectivity index (χ2v) is 6.03. The maximum atomic E-state index is 11.5. The SMILES string of the molecule is CCC(=O)NC1(O)C2CC3CC(C2)CC1C3. The van der Waals surface area contributed by atoms with Crippen LogP contribution in [0.1, 0.15) is 45.4 Å². The Morgan fingerprint density at radius 1 is 1.19 bits per heavy atom. The predicted molar refractivity (Wildman–Crippen MR) is 60.4 cm³/mol. The Morgan fingerprint density at radius 3 is 2.12 bits per heavy atom. The van der Waals surface area contributed by atoms with Crippen LogP contribution >= 0.6 is 0 Å². The maximum absolute atomic E-state index is 11.5. The monoisotopic (exact) mass is 223 g/mol. The molecule has 4 aliphatic carbocycles. The third-order valence-corrected chi connectivity index (χ3v) is 5.04. The van der Waals surface area contributed by atoms with Gasteiger partial charge in [0, 0.05) is 18.3 Å². The zero-order valence-electron chi connectivity index (χ0n) is 9.91. The number of amides is 1. The van der Waals surface area contributed by atoms with E-state index in [9.17, 15) is 9.90 Å². The first-order valence-electron chi connectivity index (χ1n) is 6.65. The molecule has 3 heteroatoms. The van der Waals surface area contributed by atoms with Crippen LogP contribution in [0.3, 0.4) is 0 Å². The quantitative estimate of drug-likeness (QED) is 0.699. The van der Waals surface area contributed by atoms with Gasteiger partial charge in [0.1, 0.15) is 5.72 Å². The zero-order valence-corrected chi connectivity index (χ0v) is 9.91. The van der Waals surface area contributed by atoms with Crippen LogP contribution in [0.5, 0.6) is 0 Å². The number of aliphatic hydroxyl groups is 1. The van der Waals surface area contributed by atoms with Crippen molar-refractivity contribution in [2.24, 2.45) is 23.7 Å². The smallest absolute Gasteiger partial charge is 0.221 e. The van der Waals surface area contributed by atoms with Crippen molar-refractivity contribution >= 4 is 5.91 Å². The third kappa shape index (κ3) is 1.41. The van der Waals surface area contributed by atoms with Crippen molar-refractivity contribution < 1.29 is 9.90 Å². The van der Waals surface area contributed by atoms with Crippen molar-refractivity contribution in [1.82, 2.24) is 5.32 Å². The van der Waals surface area contributed by atoms with Gasteiger partial charge in [-0.15, -0.1) is 0 Å². The van der Waals surface area contributed by atoms with Crippen LogP contribution in [-0.4, -0.2) is 16.7 Å². The molecule has 0 aliphatic heterocycles. The van der Waals surface area contributed by atoms with E-state index in [0.29, 0.717) is 18.3 Å². The molecule has 2 N–H and O–H groups in total. The van der Waals surface area contributed by atoms with Crippen LogP contribution in [0, 0.1) is 23.7 Å². The molecular weight excluding hydrogens is 202 g/mol. The van der Waals surface area contributed by atoms with E-state index < -0.39 is 5.72 Å². The lowest BCUT2D eigenvalue weighted by Gasteiger charge is -2.58. The van der Waals surface area contributed by atoms with Gasteiger partial charge in [-0.1, -0.05) is 6.92 Å². The molecular formula is C13H21NO2. The zero-order chi connectivity index (χ0) is 11.3. The predicted octanol–water partition coefficient (Wildman–Crippen LogP) is 1.66. The largest absolute Gasteiger partial charge is 0.370 e. The first-order chi connectivity index (χ1) is 7.61. The number of carbonyl (C=O) groups is 1. The highest BCUT2D eigenvalue weighted by Gasteiger charge is 2.57. The molecule has 0 atom stereocenters. The topological polar surface area (TPSA) is 49.3 Å². The van der Waals surface area contributed by atoms with E-state index >= 15 is 0 Å². The van der Waals surface area contributed by atoms with Crippen molar-refractivity contribution in [1.29, 1.82) is 0 Å². The van der Waals surface area contributed by atoms with E-state index in [4.69, 9.17) is 0 Å².